The number of Topliss-reactive ketones (excluding diaryl/α,β-unsaturated/α-hetero) is 1. The van der Waals surface area contributed by atoms with Crippen molar-refractivity contribution < 1.29 is 38.6 Å². The van der Waals surface area contributed by atoms with Crippen LogP contribution in [0.15, 0.2) is 60.7 Å². The molecule has 2 aromatic rings. The SMILES string of the molecule is CC(=O)C(c1ccccc1)c1ccccc1.[O-][I+3]([O-])([O-])O. The van der Waals surface area contributed by atoms with Crippen molar-refractivity contribution in [2.75, 3.05) is 0 Å². The van der Waals surface area contributed by atoms with E-state index in [0.29, 0.717) is 0 Å². The molecule has 0 fully saturated rings. The summed E-state index contributed by atoms with van der Waals surface area (Å²) in [6.07, 6.45) is 0. The fourth-order valence-corrected chi connectivity index (χ4v) is 1.95. The van der Waals surface area contributed by atoms with Gasteiger partial charge in [0.1, 0.15) is 5.78 Å². The molecule has 2 aromatic carbocycles. The Morgan fingerprint density at radius 2 is 1.19 bits per heavy atom. The maximum Gasteiger partial charge on any atom is 0.368 e. The van der Waals surface area contributed by atoms with Gasteiger partial charge in [-0.15, -0.1) is 0 Å². The summed E-state index contributed by atoms with van der Waals surface area (Å²) in [4.78, 5) is 11.7. The quantitative estimate of drug-likeness (QED) is 0.532. The van der Waals surface area contributed by atoms with Gasteiger partial charge in [-0.25, -0.2) is 0 Å². The molecule has 0 unspecified atom stereocenters. The lowest BCUT2D eigenvalue weighted by atomic mass is 9.88. The maximum atomic E-state index is 11.7. The van der Waals surface area contributed by atoms with Crippen LogP contribution in [0.1, 0.15) is 24.0 Å². The molecular weight excluding hydrogens is 387 g/mol. The van der Waals surface area contributed by atoms with E-state index < -0.39 is 20.1 Å². The van der Waals surface area contributed by atoms with Crippen molar-refractivity contribution in [2.24, 2.45) is 0 Å². The fourth-order valence-electron chi connectivity index (χ4n) is 1.95. The minimum Gasteiger partial charge on any atom is -0.299 e. The van der Waals surface area contributed by atoms with Crippen LogP contribution in [0.25, 0.3) is 0 Å². The fraction of sp³-hybridized carbons (Fsp3) is 0.133. The van der Waals surface area contributed by atoms with Crippen LogP contribution in [0.5, 0.6) is 0 Å². The number of hydrogen-bond donors (Lipinski definition) is 1. The first-order valence-electron chi connectivity index (χ1n) is 6.02. The molecular formula is C15H15IO5. The van der Waals surface area contributed by atoms with Gasteiger partial charge in [-0.05, 0) is 18.1 Å². The Labute approximate surface area is 129 Å². The van der Waals surface area contributed by atoms with Gasteiger partial charge >= 0.3 is 20.1 Å². The van der Waals surface area contributed by atoms with Crippen LogP contribution in [0.2, 0.25) is 0 Å². The number of benzene rings is 2. The van der Waals surface area contributed by atoms with E-state index in [-0.39, 0.29) is 11.7 Å². The standard InChI is InChI=1S/C15H14O.HIO4/c1-12(16)15(13-8-4-2-5-9-13)14-10-6-3-7-11-14;2-1(3,4)5/h2-11,15H,1H3;2H. The summed E-state index contributed by atoms with van der Waals surface area (Å²) in [5.41, 5.74) is 2.11. The first-order chi connectivity index (χ1) is 9.79. The van der Waals surface area contributed by atoms with Crippen LogP contribution in [-0.4, -0.2) is 9.22 Å². The molecule has 0 aliphatic rings. The third kappa shape index (κ3) is 7.30. The summed E-state index contributed by atoms with van der Waals surface area (Å²) in [7, 11) is 0. The molecule has 1 N–H and O–H groups in total. The van der Waals surface area contributed by atoms with Gasteiger partial charge in [0.15, 0.2) is 0 Å². The molecule has 0 heterocycles. The summed E-state index contributed by atoms with van der Waals surface area (Å²) in [6, 6.07) is 19.8. The van der Waals surface area contributed by atoms with Gasteiger partial charge < -0.3 is 0 Å². The largest absolute Gasteiger partial charge is 0.368 e. The van der Waals surface area contributed by atoms with Crippen molar-refractivity contribution in [1.29, 1.82) is 0 Å². The van der Waals surface area contributed by atoms with Crippen molar-refractivity contribution in [3.63, 3.8) is 0 Å². The van der Waals surface area contributed by atoms with Gasteiger partial charge in [-0.3, -0.25) is 15.1 Å². The Kier molecular flexibility index (Phi) is 6.93. The van der Waals surface area contributed by atoms with Gasteiger partial charge in [-0.1, -0.05) is 60.7 Å². The number of halogens is 1. The number of rotatable bonds is 3. The number of hydrogen-bond acceptors (Lipinski definition) is 5. The molecule has 2 rings (SSSR count). The Bertz CT molecular complexity index is 506. The molecule has 0 radical (unpaired) electrons. The summed E-state index contributed by atoms with van der Waals surface area (Å²) in [5.74, 6) is 0.0415. The molecule has 0 aliphatic carbocycles. The monoisotopic (exact) mass is 402 g/mol. The summed E-state index contributed by atoms with van der Waals surface area (Å²) in [6.45, 7) is 1.64. The van der Waals surface area contributed by atoms with Crippen molar-refractivity contribution in [3.05, 3.63) is 71.8 Å². The van der Waals surface area contributed by atoms with Gasteiger partial charge in [0.05, 0.1) is 5.92 Å². The van der Waals surface area contributed by atoms with E-state index in [4.69, 9.17) is 13.7 Å². The van der Waals surface area contributed by atoms with E-state index in [2.05, 4.69) is 0 Å². The normalized spacial score (nSPS) is 10.8. The predicted molar refractivity (Wildman–Crippen MR) is 67.6 cm³/mol. The van der Waals surface area contributed by atoms with Gasteiger partial charge in [0.2, 0.25) is 0 Å². The van der Waals surface area contributed by atoms with Crippen LogP contribution in [-0.2, 0) is 4.79 Å². The first-order valence-corrected chi connectivity index (χ1v) is 9.63. The second-order valence-electron chi connectivity index (χ2n) is 4.26. The minimum absolute atomic E-state index is 0.137. The van der Waals surface area contributed by atoms with Crippen molar-refractivity contribution in [3.8, 4) is 0 Å². The highest BCUT2D eigenvalue weighted by Gasteiger charge is 2.17. The lowest BCUT2D eigenvalue weighted by Gasteiger charge is -2.14. The summed E-state index contributed by atoms with van der Waals surface area (Å²) < 4.78 is 33.2. The average Bonchev–Trinajstić information content (AvgIpc) is 2.39. The van der Waals surface area contributed by atoms with E-state index in [0.717, 1.165) is 11.1 Å². The topological polar surface area (TPSA) is 106 Å². The van der Waals surface area contributed by atoms with Crippen LogP contribution < -0.4 is 30.4 Å². The van der Waals surface area contributed by atoms with E-state index in [1.807, 2.05) is 60.7 Å². The minimum atomic E-state index is -5.69. The zero-order valence-corrected chi connectivity index (χ0v) is 13.5. The van der Waals surface area contributed by atoms with Gasteiger partial charge in [-0.2, -0.15) is 0 Å². The third-order valence-corrected chi connectivity index (χ3v) is 2.67. The molecule has 0 saturated carbocycles. The van der Waals surface area contributed by atoms with Gasteiger partial charge in [0, 0.05) is 3.44 Å². The highest BCUT2D eigenvalue weighted by atomic mass is 127. The Balaban J connectivity index is 0.000000383. The molecule has 21 heavy (non-hydrogen) atoms. The number of carbonyl (C=O) groups is 1. The highest BCUT2D eigenvalue weighted by molar-refractivity contribution is 5.86. The van der Waals surface area contributed by atoms with E-state index in [1.54, 1.807) is 6.92 Å². The molecule has 0 atom stereocenters. The van der Waals surface area contributed by atoms with Crippen molar-refractivity contribution >= 4 is 5.78 Å². The van der Waals surface area contributed by atoms with Crippen LogP contribution in [0, 0.1) is 0 Å². The number of carbonyl (C=O) groups excluding carboxylic acids is 1. The van der Waals surface area contributed by atoms with Crippen LogP contribution in [0.4, 0.5) is 0 Å². The Morgan fingerprint density at radius 1 is 0.905 bits per heavy atom. The van der Waals surface area contributed by atoms with E-state index in [9.17, 15) is 4.79 Å². The van der Waals surface area contributed by atoms with E-state index in [1.165, 1.54) is 0 Å². The molecule has 6 heteroatoms. The molecule has 0 aliphatic heterocycles. The zero-order chi connectivity index (χ0) is 15.9. The second-order valence-corrected chi connectivity index (χ2v) is 6.52. The Morgan fingerprint density at radius 3 is 1.43 bits per heavy atom. The summed E-state index contributed by atoms with van der Waals surface area (Å²) >= 11 is -5.69. The maximum absolute atomic E-state index is 11.7. The molecule has 0 bridgehead atoms. The molecule has 0 amide bonds. The highest BCUT2D eigenvalue weighted by Crippen LogP contribution is 2.24. The van der Waals surface area contributed by atoms with Gasteiger partial charge in [0.25, 0.3) is 0 Å². The molecule has 0 saturated heterocycles. The van der Waals surface area contributed by atoms with E-state index >= 15 is 0 Å². The average molecular weight is 402 g/mol. The lowest BCUT2D eigenvalue weighted by molar-refractivity contribution is -1.92. The molecule has 5 nitrogen and oxygen atoms in total. The lowest BCUT2D eigenvalue weighted by Crippen LogP contribution is -4.23. The number of ketones is 1. The summed E-state index contributed by atoms with van der Waals surface area (Å²) in [5, 5.41) is 0. The molecule has 0 aromatic heterocycles. The van der Waals surface area contributed by atoms with Crippen LogP contribution in [0.3, 0.4) is 0 Å². The van der Waals surface area contributed by atoms with Crippen molar-refractivity contribution in [1.82, 2.24) is 0 Å². The van der Waals surface area contributed by atoms with Crippen LogP contribution >= 0.6 is 0 Å². The smallest absolute Gasteiger partial charge is 0.299 e. The molecule has 112 valence electrons. The third-order valence-electron chi connectivity index (χ3n) is 2.67. The predicted octanol–water partition coefficient (Wildman–Crippen LogP) is -3.71. The Hall–Kier alpha value is -1.32. The second kappa shape index (κ2) is 8.20. The van der Waals surface area contributed by atoms with Crippen molar-refractivity contribution in [2.45, 2.75) is 12.8 Å². The molecule has 0 spiro atoms. The first kappa shape index (κ1) is 17.7. The zero-order valence-electron chi connectivity index (χ0n) is 11.3.